The first-order chi connectivity index (χ1) is 28.5. The lowest BCUT2D eigenvalue weighted by Gasteiger charge is -2.31. The number of hydrogen-bond acceptors (Lipinski definition) is 8. The molecule has 4 heterocycles. The normalized spacial score (nSPS) is 19.2. The molecule has 2 saturated heterocycles. The zero-order chi connectivity index (χ0) is 41.8. The second kappa shape index (κ2) is 18.1. The summed E-state index contributed by atoms with van der Waals surface area (Å²) in [7, 11) is 4.11. The summed E-state index contributed by atoms with van der Waals surface area (Å²) in [4.78, 5) is 67.5. The van der Waals surface area contributed by atoms with Crippen molar-refractivity contribution < 1.29 is 33.4 Å². The van der Waals surface area contributed by atoms with Gasteiger partial charge in [-0.1, -0.05) is 62.4 Å². The predicted molar refractivity (Wildman–Crippen MR) is 223 cm³/mol. The summed E-state index contributed by atoms with van der Waals surface area (Å²) >= 11 is 0. The number of fused-ring (bicyclic) bond motifs is 1. The molecule has 4 aromatic rings. The third kappa shape index (κ3) is 8.59. The van der Waals surface area contributed by atoms with E-state index in [1.165, 1.54) is 32.5 Å². The van der Waals surface area contributed by atoms with Crippen molar-refractivity contribution in [2.45, 2.75) is 102 Å². The molecule has 59 heavy (non-hydrogen) atoms. The van der Waals surface area contributed by atoms with Crippen LogP contribution in [0.15, 0.2) is 54.7 Å². The van der Waals surface area contributed by atoms with Crippen LogP contribution < -0.4 is 10.6 Å². The minimum atomic E-state index is -0.862. The molecule has 5 atom stereocenters. The Bertz CT molecular complexity index is 2130. The van der Waals surface area contributed by atoms with Crippen molar-refractivity contribution >= 4 is 24.0 Å². The number of benzene rings is 2. The van der Waals surface area contributed by atoms with Crippen molar-refractivity contribution in [3.8, 4) is 33.6 Å². The Morgan fingerprint density at radius 2 is 1.20 bits per heavy atom. The van der Waals surface area contributed by atoms with Crippen LogP contribution in [-0.4, -0.2) is 101 Å². The summed E-state index contributed by atoms with van der Waals surface area (Å²) in [6.45, 7) is 6.79. The van der Waals surface area contributed by atoms with Gasteiger partial charge in [0.2, 0.25) is 11.8 Å². The molecule has 2 fully saturated rings. The topological polar surface area (TPSA) is 171 Å². The average Bonchev–Trinajstić information content (AvgIpc) is 4.10. The summed E-state index contributed by atoms with van der Waals surface area (Å²) in [6, 6.07) is 15.1. The number of alkyl carbamates (subject to hydrolysis) is 2. The Morgan fingerprint density at radius 1 is 0.678 bits per heavy atom. The fraction of sp³-hybridized carbons (Fsp3) is 0.489. The molecule has 314 valence electrons. The van der Waals surface area contributed by atoms with E-state index in [-0.39, 0.29) is 29.8 Å². The van der Waals surface area contributed by atoms with Gasteiger partial charge in [0.25, 0.3) is 0 Å². The van der Waals surface area contributed by atoms with Gasteiger partial charge in [-0.25, -0.2) is 14.6 Å². The predicted octanol–water partition coefficient (Wildman–Crippen LogP) is 7.08. The number of imidazole rings is 1. The summed E-state index contributed by atoms with van der Waals surface area (Å²) in [5.74, 6) is 0.318. The van der Waals surface area contributed by atoms with Gasteiger partial charge in [0.15, 0.2) is 0 Å². The van der Waals surface area contributed by atoms with Gasteiger partial charge in [-0.15, -0.1) is 0 Å². The molecule has 4 amide bonds. The highest BCUT2D eigenvalue weighted by atomic mass is 16.5. The van der Waals surface area contributed by atoms with Crippen molar-refractivity contribution in [3.05, 3.63) is 77.4 Å². The lowest BCUT2D eigenvalue weighted by atomic mass is 9.88. The molecule has 0 spiro atoms. The van der Waals surface area contributed by atoms with Crippen molar-refractivity contribution in [2.75, 3.05) is 34.4 Å². The second-order valence-electron chi connectivity index (χ2n) is 16.2. The minimum Gasteiger partial charge on any atom is -0.453 e. The van der Waals surface area contributed by atoms with Crippen LogP contribution in [0.4, 0.5) is 9.59 Å². The first kappa shape index (κ1) is 41.5. The molecule has 0 bridgehead atoms. The Hall–Kier alpha value is -5.63. The van der Waals surface area contributed by atoms with Gasteiger partial charge < -0.3 is 44.6 Å². The highest BCUT2D eigenvalue weighted by Crippen LogP contribution is 2.42. The lowest BCUT2D eigenvalue weighted by Crippen LogP contribution is -2.54. The molecule has 0 unspecified atom stereocenters. The van der Waals surface area contributed by atoms with Gasteiger partial charge >= 0.3 is 12.2 Å². The van der Waals surface area contributed by atoms with Gasteiger partial charge in [0.1, 0.15) is 17.9 Å². The maximum absolute atomic E-state index is 14.0. The van der Waals surface area contributed by atoms with Gasteiger partial charge in [0, 0.05) is 31.6 Å². The molecular weight excluding hydrogens is 751 g/mol. The van der Waals surface area contributed by atoms with Crippen molar-refractivity contribution in [3.63, 3.8) is 0 Å². The number of likely N-dealkylation sites (tertiary alicyclic amines) is 2. The Balaban J connectivity index is 1.07. The van der Waals surface area contributed by atoms with Crippen LogP contribution in [-0.2, 0) is 36.6 Å². The monoisotopic (exact) mass is 807 g/mol. The number of aromatic amines is 2. The molecule has 14 nitrogen and oxygen atoms in total. The number of carbonyl (C=O) groups excluding carboxylic acids is 4. The highest BCUT2D eigenvalue weighted by molar-refractivity contribution is 5.87. The van der Waals surface area contributed by atoms with Crippen molar-refractivity contribution in [2.24, 2.45) is 5.92 Å². The number of methoxy groups -OCH3 is 3. The molecule has 0 radical (unpaired) electrons. The standard InChI is InChI=1S/C45H57N7O7/c1-26(2)37(49-44(55)58-5)42(53)52-24-10-14-36(52)41-46-25-34(47-41)30-19-15-28(16-20-30)29-17-21-31(22-18-29)39-32-11-7-8-12-33(32)40(48-39)35-13-9-23-51(35)43(54)38(27(3)57-4)50-45(56)59-6/h15-22,25-27,35-38,48H,7-14,23-24H2,1-6H3,(H,46,47)(H,49,55)(H,50,56)/t27-,35-,36+,37+,38+/m1/s1. The van der Waals surface area contributed by atoms with E-state index in [4.69, 9.17) is 19.2 Å². The van der Waals surface area contributed by atoms with Crippen LogP contribution in [0.5, 0.6) is 0 Å². The molecule has 2 aromatic carbocycles. The third-order valence-electron chi connectivity index (χ3n) is 12.3. The van der Waals surface area contributed by atoms with Crippen molar-refractivity contribution in [1.82, 2.24) is 35.4 Å². The van der Waals surface area contributed by atoms with E-state index in [0.717, 1.165) is 96.5 Å². The van der Waals surface area contributed by atoms with Crippen LogP contribution in [0.1, 0.15) is 94.0 Å². The first-order valence-corrected chi connectivity index (χ1v) is 20.8. The van der Waals surface area contributed by atoms with Crippen molar-refractivity contribution in [1.29, 1.82) is 0 Å². The number of rotatable bonds is 12. The molecule has 0 saturated carbocycles. The number of nitrogens with one attached hydrogen (secondary N) is 4. The quantitative estimate of drug-likeness (QED) is 0.118. The zero-order valence-electron chi connectivity index (χ0n) is 34.9. The fourth-order valence-electron chi connectivity index (χ4n) is 9.02. The average molecular weight is 808 g/mol. The fourth-order valence-corrected chi connectivity index (χ4v) is 9.02. The lowest BCUT2D eigenvalue weighted by molar-refractivity contribution is -0.137. The maximum Gasteiger partial charge on any atom is 0.407 e. The SMILES string of the molecule is COC(=O)N[C@H](C(=O)N1CCC[C@H]1c1ncc(-c2ccc(-c3ccc(-c4[nH]c([C@H]5CCCN5C(=O)[C@@H](NC(=O)OC)[C@@H](C)OC)c5c4CCCC5)cc3)cc2)[nH]1)C(C)C. The number of amides is 4. The largest absolute Gasteiger partial charge is 0.453 e. The Kier molecular flexibility index (Phi) is 12.7. The summed E-state index contributed by atoms with van der Waals surface area (Å²) < 4.78 is 15.1. The van der Waals surface area contributed by atoms with Gasteiger partial charge in [-0.3, -0.25) is 9.59 Å². The maximum atomic E-state index is 14.0. The van der Waals surface area contributed by atoms with Crippen LogP contribution in [0.3, 0.4) is 0 Å². The zero-order valence-corrected chi connectivity index (χ0v) is 34.9. The number of H-pyrrole nitrogens is 2. The molecule has 2 aromatic heterocycles. The van der Waals surface area contributed by atoms with E-state index in [9.17, 15) is 19.2 Å². The van der Waals surface area contributed by atoms with E-state index in [1.807, 2.05) is 29.8 Å². The molecule has 3 aliphatic rings. The van der Waals surface area contributed by atoms with E-state index in [1.54, 1.807) is 6.92 Å². The first-order valence-electron chi connectivity index (χ1n) is 20.8. The molecule has 4 N–H and O–H groups in total. The van der Waals surface area contributed by atoms with E-state index in [2.05, 4.69) is 69.1 Å². The smallest absolute Gasteiger partial charge is 0.407 e. The van der Waals surface area contributed by atoms with E-state index < -0.39 is 30.4 Å². The molecule has 2 aliphatic heterocycles. The summed E-state index contributed by atoms with van der Waals surface area (Å²) in [5, 5.41) is 5.41. The number of hydrogen-bond donors (Lipinski definition) is 4. The summed E-state index contributed by atoms with van der Waals surface area (Å²) in [5.41, 5.74) is 10.0. The number of ether oxygens (including phenoxy) is 3. The van der Waals surface area contributed by atoms with Crippen LogP contribution in [0, 0.1) is 5.92 Å². The Labute approximate surface area is 345 Å². The van der Waals surface area contributed by atoms with Crippen LogP contribution in [0.2, 0.25) is 0 Å². The van der Waals surface area contributed by atoms with Crippen LogP contribution in [0.25, 0.3) is 33.6 Å². The molecule has 14 heteroatoms. The second-order valence-corrected chi connectivity index (χ2v) is 16.2. The van der Waals surface area contributed by atoms with E-state index in [0.29, 0.717) is 13.1 Å². The molecule has 7 rings (SSSR count). The number of carbonyl (C=O) groups is 4. The van der Waals surface area contributed by atoms with Gasteiger partial charge in [-0.2, -0.15) is 0 Å². The minimum absolute atomic E-state index is 0.104. The molecular formula is C45H57N7O7. The van der Waals surface area contributed by atoms with Crippen LogP contribution >= 0.6 is 0 Å². The van der Waals surface area contributed by atoms with Gasteiger partial charge in [0.05, 0.1) is 44.3 Å². The van der Waals surface area contributed by atoms with Gasteiger partial charge in [-0.05, 0) is 97.6 Å². The Morgan fingerprint density at radius 3 is 1.80 bits per heavy atom. The van der Waals surface area contributed by atoms with E-state index >= 15 is 0 Å². The molecule has 1 aliphatic carbocycles. The summed E-state index contributed by atoms with van der Waals surface area (Å²) in [6.07, 6.45) is 7.52. The number of aromatic nitrogens is 3. The highest BCUT2D eigenvalue weighted by Gasteiger charge is 2.40. The third-order valence-corrected chi connectivity index (χ3v) is 12.3. The number of nitrogens with zero attached hydrogens (tertiary/aromatic N) is 3.